The highest BCUT2D eigenvalue weighted by Gasteiger charge is 2.11. The zero-order valence-corrected chi connectivity index (χ0v) is 14.1. The topological polar surface area (TPSA) is 14.2 Å². The van der Waals surface area contributed by atoms with E-state index in [1.807, 2.05) is 12.1 Å². The Morgan fingerprint density at radius 3 is 2.38 bits per heavy atom. The number of aryl methyl sites for hydroxylation is 3. The largest absolute Gasteiger partial charge is 0.497 e. The average Bonchev–Trinajstić information content (AvgIpc) is 2.95. The van der Waals surface area contributed by atoms with E-state index in [9.17, 15) is 0 Å². The lowest BCUT2D eigenvalue weighted by molar-refractivity contribution is 0.414. The molecule has 3 aromatic carbocycles. The van der Waals surface area contributed by atoms with Gasteiger partial charge in [-0.3, -0.25) is 0 Å². The summed E-state index contributed by atoms with van der Waals surface area (Å²) in [4.78, 5) is 0. The molecule has 0 atom stereocenters. The fourth-order valence-electron chi connectivity index (χ4n) is 3.55. The smallest absolute Gasteiger partial charge is 0.118 e. The van der Waals surface area contributed by atoms with Crippen LogP contribution in [0.15, 0.2) is 66.7 Å². The van der Waals surface area contributed by atoms with Crippen LogP contribution < -0.4 is 4.74 Å². The highest BCUT2D eigenvalue weighted by atomic mass is 16.5. The molecule has 0 fully saturated rings. The van der Waals surface area contributed by atoms with Crippen molar-refractivity contribution in [1.29, 1.82) is 0 Å². The molecule has 0 amide bonds. The van der Waals surface area contributed by atoms with Gasteiger partial charge in [-0.1, -0.05) is 42.5 Å². The van der Waals surface area contributed by atoms with Crippen LogP contribution >= 0.6 is 0 Å². The number of benzene rings is 3. The Bertz CT molecular complexity index is 996. The van der Waals surface area contributed by atoms with Crippen molar-refractivity contribution in [3.05, 3.63) is 77.9 Å². The molecule has 0 bridgehead atoms. The van der Waals surface area contributed by atoms with Gasteiger partial charge in [0.05, 0.1) is 7.11 Å². The quantitative estimate of drug-likeness (QED) is 0.495. The van der Waals surface area contributed by atoms with Gasteiger partial charge in [0, 0.05) is 28.4 Å². The predicted molar refractivity (Wildman–Crippen MR) is 101 cm³/mol. The maximum Gasteiger partial charge on any atom is 0.118 e. The van der Waals surface area contributed by atoms with E-state index in [4.69, 9.17) is 4.74 Å². The Balaban J connectivity index is 1.76. The lowest BCUT2D eigenvalue weighted by atomic mass is 10.1. The maximum atomic E-state index is 5.24. The van der Waals surface area contributed by atoms with E-state index in [2.05, 4.69) is 66.1 Å². The van der Waals surface area contributed by atoms with E-state index >= 15 is 0 Å². The van der Waals surface area contributed by atoms with Gasteiger partial charge in [-0.15, -0.1) is 0 Å². The van der Waals surface area contributed by atoms with E-state index in [1.165, 1.54) is 32.9 Å². The molecule has 0 radical (unpaired) electrons. The first-order valence-electron chi connectivity index (χ1n) is 8.37. The third-order valence-corrected chi connectivity index (χ3v) is 4.79. The van der Waals surface area contributed by atoms with E-state index in [0.29, 0.717) is 0 Å². The summed E-state index contributed by atoms with van der Waals surface area (Å²) in [6, 6.07) is 23.7. The van der Waals surface area contributed by atoms with E-state index < -0.39 is 0 Å². The van der Waals surface area contributed by atoms with E-state index in [1.54, 1.807) is 7.11 Å². The minimum Gasteiger partial charge on any atom is -0.497 e. The molecular formula is C22H21NO. The average molecular weight is 315 g/mol. The number of hydrogen-bond donors (Lipinski definition) is 0. The Morgan fingerprint density at radius 2 is 1.58 bits per heavy atom. The van der Waals surface area contributed by atoms with Crippen LogP contribution in [0.3, 0.4) is 0 Å². The monoisotopic (exact) mass is 315 g/mol. The van der Waals surface area contributed by atoms with E-state index in [-0.39, 0.29) is 0 Å². The van der Waals surface area contributed by atoms with Crippen LogP contribution in [0.4, 0.5) is 0 Å². The van der Waals surface area contributed by atoms with Crippen LogP contribution in [-0.4, -0.2) is 11.7 Å². The highest BCUT2D eigenvalue weighted by Crippen LogP contribution is 2.31. The van der Waals surface area contributed by atoms with Crippen LogP contribution in [-0.2, 0) is 13.0 Å². The molecule has 0 spiro atoms. The van der Waals surface area contributed by atoms with Gasteiger partial charge in [0.15, 0.2) is 0 Å². The second-order valence-electron chi connectivity index (χ2n) is 6.24. The van der Waals surface area contributed by atoms with Gasteiger partial charge in [0.25, 0.3) is 0 Å². The van der Waals surface area contributed by atoms with Crippen molar-refractivity contribution >= 4 is 21.8 Å². The number of methoxy groups -OCH3 is 1. The Morgan fingerprint density at radius 1 is 0.833 bits per heavy atom. The zero-order chi connectivity index (χ0) is 16.5. The molecule has 4 aromatic rings. The standard InChI is InChI=1S/C22H21NO/c1-16-6-5-9-21-22(16)19-7-3-4-8-20(19)23(21)15-14-17-10-12-18(24-2)13-11-17/h3-13H,14-15H2,1-2H3. The molecule has 0 aliphatic carbocycles. The number of para-hydroxylation sites is 1. The van der Waals surface area contributed by atoms with Gasteiger partial charge < -0.3 is 9.30 Å². The molecule has 0 N–H and O–H groups in total. The molecule has 4 rings (SSSR count). The summed E-state index contributed by atoms with van der Waals surface area (Å²) in [5, 5.41) is 2.73. The lowest BCUT2D eigenvalue weighted by Crippen LogP contribution is -2.01. The third kappa shape index (κ3) is 2.44. The molecule has 0 aliphatic heterocycles. The van der Waals surface area contributed by atoms with Crippen molar-refractivity contribution in [3.8, 4) is 5.75 Å². The molecule has 1 aromatic heterocycles. The summed E-state index contributed by atoms with van der Waals surface area (Å²) in [5.74, 6) is 0.909. The molecule has 2 nitrogen and oxygen atoms in total. The van der Waals surface area contributed by atoms with Crippen molar-refractivity contribution in [1.82, 2.24) is 4.57 Å². The second-order valence-corrected chi connectivity index (χ2v) is 6.24. The van der Waals surface area contributed by atoms with Crippen molar-refractivity contribution in [2.24, 2.45) is 0 Å². The normalized spacial score (nSPS) is 11.2. The van der Waals surface area contributed by atoms with Crippen LogP contribution in [0.25, 0.3) is 21.8 Å². The van der Waals surface area contributed by atoms with Gasteiger partial charge in [-0.25, -0.2) is 0 Å². The van der Waals surface area contributed by atoms with Crippen molar-refractivity contribution in [2.75, 3.05) is 7.11 Å². The van der Waals surface area contributed by atoms with E-state index in [0.717, 1.165) is 18.7 Å². The Kier molecular flexibility index (Phi) is 3.73. The fraction of sp³-hybridized carbons (Fsp3) is 0.182. The first-order valence-corrected chi connectivity index (χ1v) is 8.37. The molecule has 24 heavy (non-hydrogen) atoms. The molecule has 1 heterocycles. The van der Waals surface area contributed by atoms with Gasteiger partial charge in [-0.2, -0.15) is 0 Å². The summed E-state index contributed by atoms with van der Waals surface area (Å²) in [6.07, 6.45) is 1.01. The van der Waals surface area contributed by atoms with Gasteiger partial charge in [0.2, 0.25) is 0 Å². The summed E-state index contributed by atoms with van der Waals surface area (Å²) < 4.78 is 7.69. The number of rotatable bonds is 4. The maximum absolute atomic E-state index is 5.24. The number of aromatic nitrogens is 1. The number of hydrogen-bond acceptors (Lipinski definition) is 1. The predicted octanol–water partition coefficient (Wildman–Crippen LogP) is 5.35. The first kappa shape index (κ1) is 14.8. The number of nitrogens with zero attached hydrogens (tertiary/aromatic N) is 1. The van der Waals surface area contributed by atoms with Crippen molar-refractivity contribution in [2.45, 2.75) is 19.9 Å². The third-order valence-electron chi connectivity index (χ3n) is 4.79. The summed E-state index contributed by atoms with van der Waals surface area (Å²) >= 11 is 0. The minimum absolute atomic E-state index is 0.909. The van der Waals surface area contributed by atoms with Crippen molar-refractivity contribution in [3.63, 3.8) is 0 Å². The number of ether oxygens (including phenoxy) is 1. The van der Waals surface area contributed by atoms with Crippen LogP contribution in [0.2, 0.25) is 0 Å². The fourth-order valence-corrected chi connectivity index (χ4v) is 3.55. The van der Waals surface area contributed by atoms with Crippen LogP contribution in [0.5, 0.6) is 5.75 Å². The SMILES string of the molecule is COc1ccc(CCn2c3ccccc3c3c(C)cccc32)cc1. The summed E-state index contributed by atoms with van der Waals surface area (Å²) in [6.45, 7) is 3.17. The minimum atomic E-state index is 0.909. The number of fused-ring (bicyclic) bond motifs is 3. The molecule has 0 saturated carbocycles. The highest BCUT2D eigenvalue weighted by molar-refractivity contribution is 6.09. The van der Waals surface area contributed by atoms with Gasteiger partial charge >= 0.3 is 0 Å². The molecule has 2 heteroatoms. The van der Waals surface area contributed by atoms with Gasteiger partial charge in [-0.05, 0) is 48.7 Å². The Labute approximate surface area is 142 Å². The summed E-state index contributed by atoms with van der Waals surface area (Å²) in [5.41, 5.74) is 5.31. The molecule has 0 aliphatic rings. The van der Waals surface area contributed by atoms with Gasteiger partial charge in [0.1, 0.15) is 5.75 Å². The van der Waals surface area contributed by atoms with Crippen molar-refractivity contribution < 1.29 is 4.74 Å². The first-order chi connectivity index (χ1) is 11.8. The summed E-state index contributed by atoms with van der Waals surface area (Å²) in [7, 11) is 1.70. The molecule has 0 saturated heterocycles. The second kappa shape index (κ2) is 6.04. The van der Waals surface area contributed by atoms with Crippen LogP contribution in [0.1, 0.15) is 11.1 Å². The molecule has 120 valence electrons. The van der Waals surface area contributed by atoms with Crippen LogP contribution in [0, 0.1) is 6.92 Å². The molecular weight excluding hydrogens is 294 g/mol. The lowest BCUT2D eigenvalue weighted by Gasteiger charge is -2.08. The zero-order valence-electron chi connectivity index (χ0n) is 14.1. The molecule has 0 unspecified atom stereocenters. The Hall–Kier alpha value is -2.74.